The van der Waals surface area contributed by atoms with E-state index >= 15 is 0 Å². The summed E-state index contributed by atoms with van der Waals surface area (Å²) in [6.07, 6.45) is 0. The largest absolute Gasteiger partial charge is 0.322 e. The molecule has 3 rings (SSSR count). The van der Waals surface area contributed by atoms with Crippen LogP contribution in [-0.4, -0.2) is 14.3 Å². The Kier molecular flexibility index (Phi) is 5.75. The number of rotatable bonds is 5. The zero-order valence-electron chi connectivity index (χ0n) is 16.9. The lowest BCUT2D eigenvalue weighted by Crippen LogP contribution is -2.15. The van der Waals surface area contributed by atoms with Crippen molar-refractivity contribution in [1.29, 1.82) is 0 Å². The van der Waals surface area contributed by atoms with Crippen LogP contribution in [0.4, 0.5) is 11.4 Å². The van der Waals surface area contributed by atoms with Crippen molar-refractivity contribution in [1.82, 2.24) is 0 Å². The molecule has 0 unspecified atom stereocenters. The van der Waals surface area contributed by atoms with Gasteiger partial charge >= 0.3 is 0 Å². The molecule has 3 aromatic carbocycles. The predicted octanol–water partition coefficient (Wildman–Crippen LogP) is 4.97. The van der Waals surface area contributed by atoms with E-state index in [1.807, 2.05) is 45.0 Å². The van der Waals surface area contributed by atoms with E-state index < -0.39 is 10.0 Å². The van der Waals surface area contributed by atoms with E-state index in [0.717, 1.165) is 22.4 Å². The zero-order chi connectivity index (χ0) is 21.2. The first-order valence-electron chi connectivity index (χ1n) is 9.24. The fourth-order valence-electron chi connectivity index (χ4n) is 2.96. The molecule has 0 saturated carbocycles. The Morgan fingerprint density at radius 3 is 2.00 bits per heavy atom. The molecular weight excluding hydrogens is 384 g/mol. The maximum Gasteiger partial charge on any atom is 0.262 e. The van der Waals surface area contributed by atoms with E-state index in [2.05, 4.69) is 10.0 Å². The Morgan fingerprint density at radius 2 is 1.34 bits per heavy atom. The number of hydrogen-bond donors (Lipinski definition) is 2. The summed E-state index contributed by atoms with van der Waals surface area (Å²) in [6.45, 7) is 7.50. The molecule has 0 saturated heterocycles. The van der Waals surface area contributed by atoms with Crippen molar-refractivity contribution in [3.8, 4) is 0 Å². The van der Waals surface area contributed by atoms with Gasteiger partial charge < -0.3 is 5.32 Å². The topological polar surface area (TPSA) is 75.3 Å². The van der Waals surface area contributed by atoms with Gasteiger partial charge in [0.15, 0.2) is 0 Å². The summed E-state index contributed by atoms with van der Waals surface area (Å²) in [5.41, 5.74) is 5.18. The van der Waals surface area contributed by atoms with Gasteiger partial charge in [0.25, 0.3) is 15.9 Å². The van der Waals surface area contributed by atoms with Crippen LogP contribution in [0.2, 0.25) is 0 Å². The normalized spacial score (nSPS) is 11.2. The van der Waals surface area contributed by atoms with Gasteiger partial charge in [-0.15, -0.1) is 0 Å². The molecule has 3 aromatic rings. The predicted molar refractivity (Wildman–Crippen MR) is 117 cm³/mol. The van der Waals surface area contributed by atoms with Gasteiger partial charge in [-0.1, -0.05) is 24.3 Å². The lowest BCUT2D eigenvalue weighted by molar-refractivity contribution is 0.102. The second kappa shape index (κ2) is 8.09. The Bertz CT molecular complexity index is 1170. The van der Waals surface area contributed by atoms with Crippen LogP contribution in [0.1, 0.15) is 32.6 Å². The van der Waals surface area contributed by atoms with Gasteiger partial charge in [0.05, 0.1) is 4.90 Å². The highest BCUT2D eigenvalue weighted by atomic mass is 32.2. The number of aryl methyl sites for hydroxylation is 4. The third-order valence-electron chi connectivity index (χ3n) is 4.67. The number of carbonyl (C=O) groups is 1. The molecule has 0 atom stereocenters. The molecular formula is C23H24N2O3S. The third-order valence-corrected chi connectivity index (χ3v) is 6.20. The fourth-order valence-corrected chi connectivity index (χ4v) is 4.35. The molecule has 6 heteroatoms. The maximum atomic E-state index is 12.7. The zero-order valence-corrected chi connectivity index (χ0v) is 17.7. The van der Waals surface area contributed by atoms with E-state index in [1.54, 1.807) is 43.3 Å². The molecule has 0 heterocycles. The van der Waals surface area contributed by atoms with Crippen LogP contribution in [0.3, 0.4) is 0 Å². The molecule has 0 bridgehead atoms. The molecule has 2 N–H and O–H groups in total. The number of hydrogen-bond acceptors (Lipinski definition) is 3. The molecule has 0 radical (unpaired) electrons. The van der Waals surface area contributed by atoms with Gasteiger partial charge in [-0.25, -0.2) is 8.42 Å². The van der Waals surface area contributed by atoms with Crippen LogP contribution >= 0.6 is 0 Å². The van der Waals surface area contributed by atoms with E-state index in [9.17, 15) is 13.2 Å². The number of nitrogens with one attached hydrogen (secondary N) is 2. The minimum absolute atomic E-state index is 0.245. The molecule has 0 aliphatic heterocycles. The minimum Gasteiger partial charge on any atom is -0.322 e. The van der Waals surface area contributed by atoms with Crippen molar-refractivity contribution in [2.75, 3.05) is 10.0 Å². The van der Waals surface area contributed by atoms with Crippen LogP contribution in [0.25, 0.3) is 0 Å². The summed E-state index contributed by atoms with van der Waals surface area (Å²) in [5.74, 6) is -0.248. The first kappa shape index (κ1) is 20.6. The highest BCUT2D eigenvalue weighted by Gasteiger charge is 2.17. The number of sulfonamides is 1. The highest BCUT2D eigenvalue weighted by molar-refractivity contribution is 7.92. The van der Waals surface area contributed by atoms with Crippen molar-refractivity contribution in [2.24, 2.45) is 0 Å². The number of amides is 1. The van der Waals surface area contributed by atoms with Crippen LogP contribution in [-0.2, 0) is 10.0 Å². The first-order valence-corrected chi connectivity index (χ1v) is 10.7. The van der Waals surface area contributed by atoms with Gasteiger partial charge in [-0.3, -0.25) is 9.52 Å². The van der Waals surface area contributed by atoms with E-state index in [0.29, 0.717) is 16.8 Å². The van der Waals surface area contributed by atoms with Crippen LogP contribution in [0, 0.1) is 27.7 Å². The van der Waals surface area contributed by atoms with Crippen molar-refractivity contribution in [3.63, 3.8) is 0 Å². The summed E-state index contributed by atoms with van der Waals surface area (Å²) < 4.78 is 28.0. The average Bonchev–Trinajstić information content (AvgIpc) is 2.66. The van der Waals surface area contributed by atoms with Crippen LogP contribution in [0.15, 0.2) is 65.6 Å². The summed E-state index contributed by atoms with van der Waals surface area (Å²) >= 11 is 0. The third kappa shape index (κ3) is 4.84. The second-order valence-electron chi connectivity index (χ2n) is 7.22. The van der Waals surface area contributed by atoms with E-state index in [-0.39, 0.29) is 10.8 Å². The molecule has 5 nitrogen and oxygen atoms in total. The lowest BCUT2D eigenvalue weighted by Gasteiger charge is -2.12. The maximum absolute atomic E-state index is 12.7. The molecule has 0 fully saturated rings. The number of anilines is 2. The molecule has 1 amide bonds. The van der Waals surface area contributed by atoms with Gasteiger partial charge in [0.2, 0.25) is 0 Å². The summed E-state index contributed by atoms with van der Waals surface area (Å²) in [6, 6.07) is 17.5. The van der Waals surface area contributed by atoms with Gasteiger partial charge in [-0.05, 0) is 86.3 Å². The number of carbonyl (C=O) groups excluding carboxylic acids is 1. The van der Waals surface area contributed by atoms with Crippen molar-refractivity contribution in [2.45, 2.75) is 32.6 Å². The summed E-state index contributed by atoms with van der Waals surface area (Å²) in [4.78, 5) is 12.8. The highest BCUT2D eigenvalue weighted by Crippen LogP contribution is 2.22. The van der Waals surface area contributed by atoms with E-state index in [1.165, 1.54) is 0 Å². The monoisotopic (exact) mass is 408 g/mol. The molecule has 0 aliphatic rings. The lowest BCUT2D eigenvalue weighted by atomic mass is 10.1. The molecule has 0 spiro atoms. The number of benzene rings is 3. The van der Waals surface area contributed by atoms with Crippen LogP contribution in [0.5, 0.6) is 0 Å². The minimum atomic E-state index is -3.71. The van der Waals surface area contributed by atoms with Gasteiger partial charge in [0.1, 0.15) is 0 Å². The molecule has 0 aliphatic carbocycles. The quantitative estimate of drug-likeness (QED) is 0.626. The average molecular weight is 409 g/mol. The van der Waals surface area contributed by atoms with Gasteiger partial charge in [0, 0.05) is 16.9 Å². The van der Waals surface area contributed by atoms with Crippen molar-refractivity contribution in [3.05, 3.63) is 88.5 Å². The summed E-state index contributed by atoms with van der Waals surface area (Å²) in [7, 11) is -3.71. The fraction of sp³-hybridized carbons (Fsp3) is 0.174. The smallest absolute Gasteiger partial charge is 0.262 e. The molecule has 150 valence electrons. The standard InChI is InChI=1S/C23H24N2O3S/c1-15-5-7-17(3)21(13-15)24-23(26)19-9-11-20(12-10-19)25-29(27,28)22-14-16(2)6-8-18(22)4/h5-14,25H,1-4H3,(H,24,26). The van der Waals surface area contributed by atoms with Crippen LogP contribution < -0.4 is 10.0 Å². The Morgan fingerprint density at radius 1 is 0.759 bits per heavy atom. The molecule has 0 aromatic heterocycles. The Balaban J connectivity index is 1.77. The Labute approximate surface area is 171 Å². The second-order valence-corrected chi connectivity index (χ2v) is 8.88. The summed E-state index contributed by atoms with van der Waals surface area (Å²) in [5, 5.41) is 2.90. The SMILES string of the molecule is Cc1ccc(C)c(NC(=O)c2ccc(NS(=O)(=O)c3cc(C)ccc3C)cc2)c1. The van der Waals surface area contributed by atoms with Crippen molar-refractivity contribution < 1.29 is 13.2 Å². The van der Waals surface area contributed by atoms with Crippen molar-refractivity contribution >= 4 is 27.3 Å². The van der Waals surface area contributed by atoms with Gasteiger partial charge in [-0.2, -0.15) is 0 Å². The first-order chi connectivity index (χ1) is 13.7. The van der Waals surface area contributed by atoms with E-state index in [4.69, 9.17) is 0 Å². The Hall–Kier alpha value is -3.12. The molecule has 29 heavy (non-hydrogen) atoms.